The second-order valence-corrected chi connectivity index (χ2v) is 8.16. The molecule has 1 saturated heterocycles. The van der Waals surface area contributed by atoms with E-state index in [0.717, 1.165) is 44.0 Å². The van der Waals surface area contributed by atoms with Crippen molar-refractivity contribution < 1.29 is 4.39 Å². The highest BCUT2D eigenvalue weighted by Gasteiger charge is 2.45. The Balaban J connectivity index is 1.49. The number of benzene rings is 1. The second-order valence-electron chi connectivity index (χ2n) is 8.16. The lowest BCUT2D eigenvalue weighted by Crippen LogP contribution is -2.47. The average Bonchev–Trinajstić information content (AvgIpc) is 3.43. The van der Waals surface area contributed by atoms with Crippen molar-refractivity contribution in [1.29, 1.82) is 0 Å². The molecule has 0 bridgehead atoms. The van der Waals surface area contributed by atoms with Crippen molar-refractivity contribution in [2.45, 2.75) is 51.0 Å². The van der Waals surface area contributed by atoms with Crippen LogP contribution in [0.5, 0.6) is 0 Å². The van der Waals surface area contributed by atoms with Crippen molar-refractivity contribution in [2.24, 2.45) is 10.9 Å². The number of halogens is 1. The van der Waals surface area contributed by atoms with E-state index in [1.54, 1.807) is 19.2 Å². The summed E-state index contributed by atoms with van der Waals surface area (Å²) in [6, 6.07) is 7.78. The van der Waals surface area contributed by atoms with Gasteiger partial charge in [-0.25, -0.2) is 4.39 Å². The zero-order valence-electron chi connectivity index (χ0n) is 16.4. The first-order chi connectivity index (χ1) is 12.5. The lowest BCUT2D eigenvalue weighted by molar-refractivity contribution is 0.141. The van der Waals surface area contributed by atoms with E-state index in [4.69, 9.17) is 0 Å². The van der Waals surface area contributed by atoms with Gasteiger partial charge in [0.2, 0.25) is 0 Å². The summed E-state index contributed by atoms with van der Waals surface area (Å²) >= 11 is 0. The van der Waals surface area contributed by atoms with Crippen molar-refractivity contribution in [3.05, 3.63) is 35.6 Å². The summed E-state index contributed by atoms with van der Waals surface area (Å²) in [5.41, 5.74) is 0.769. The Bertz CT molecular complexity index is 624. The third-order valence-electron chi connectivity index (χ3n) is 5.96. The summed E-state index contributed by atoms with van der Waals surface area (Å²) < 4.78 is 14.1. The fourth-order valence-electron chi connectivity index (χ4n) is 4.03. The first kappa shape index (κ1) is 19.2. The summed E-state index contributed by atoms with van der Waals surface area (Å²) in [4.78, 5) is 6.92. The maximum atomic E-state index is 14.1. The summed E-state index contributed by atoms with van der Waals surface area (Å²) in [6.07, 6.45) is 4.60. The highest BCUT2D eigenvalue weighted by Crippen LogP contribution is 2.48. The number of likely N-dealkylation sites (tertiary alicyclic amines) is 1. The van der Waals surface area contributed by atoms with Crippen molar-refractivity contribution in [1.82, 2.24) is 15.5 Å². The van der Waals surface area contributed by atoms with Gasteiger partial charge in [0.15, 0.2) is 5.96 Å². The number of hydrogen-bond donors (Lipinski definition) is 2. The lowest BCUT2D eigenvalue weighted by Gasteiger charge is -2.35. The topological polar surface area (TPSA) is 39.7 Å². The Hall–Kier alpha value is -1.62. The Morgan fingerprint density at radius 1 is 1.31 bits per heavy atom. The average molecular weight is 361 g/mol. The molecule has 1 atom stereocenters. The summed E-state index contributed by atoms with van der Waals surface area (Å²) in [5.74, 6) is 1.39. The van der Waals surface area contributed by atoms with Gasteiger partial charge >= 0.3 is 0 Å². The number of piperidine rings is 1. The van der Waals surface area contributed by atoms with Gasteiger partial charge in [0.25, 0.3) is 0 Å². The fraction of sp³-hybridized carbons (Fsp3) is 0.667. The van der Waals surface area contributed by atoms with E-state index in [1.165, 1.54) is 19.4 Å². The van der Waals surface area contributed by atoms with Gasteiger partial charge in [-0.05, 0) is 63.6 Å². The zero-order valence-corrected chi connectivity index (χ0v) is 16.4. The highest BCUT2D eigenvalue weighted by atomic mass is 19.1. The zero-order chi connectivity index (χ0) is 18.6. The van der Waals surface area contributed by atoms with Gasteiger partial charge in [-0.2, -0.15) is 0 Å². The molecule has 1 aromatic rings. The van der Waals surface area contributed by atoms with Crippen molar-refractivity contribution >= 4 is 5.96 Å². The van der Waals surface area contributed by atoms with Gasteiger partial charge < -0.3 is 15.5 Å². The molecule has 1 aliphatic heterocycles. The summed E-state index contributed by atoms with van der Waals surface area (Å²) in [6.45, 7) is 8.58. The molecule has 1 heterocycles. The van der Waals surface area contributed by atoms with Crippen LogP contribution >= 0.6 is 0 Å². The fourth-order valence-corrected chi connectivity index (χ4v) is 4.03. The molecule has 1 unspecified atom stereocenters. The van der Waals surface area contributed by atoms with Crippen LogP contribution < -0.4 is 10.6 Å². The molecule has 5 heteroatoms. The largest absolute Gasteiger partial charge is 0.356 e. The van der Waals surface area contributed by atoms with Gasteiger partial charge in [0.1, 0.15) is 5.82 Å². The van der Waals surface area contributed by atoms with Crippen LogP contribution in [-0.2, 0) is 5.41 Å². The quantitative estimate of drug-likeness (QED) is 0.605. The summed E-state index contributed by atoms with van der Waals surface area (Å²) in [5, 5.41) is 6.91. The van der Waals surface area contributed by atoms with E-state index in [0.29, 0.717) is 12.0 Å². The predicted octanol–water partition coefficient (Wildman–Crippen LogP) is 3.14. The van der Waals surface area contributed by atoms with Crippen LogP contribution in [0.2, 0.25) is 0 Å². The number of guanidine groups is 1. The lowest BCUT2D eigenvalue weighted by atomic mass is 9.95. The van der Waals surface area contributed by atoms with Crippen LogP contribution in [-0.4, -0.2) is 50.1 Å². The van der Waals surface area contributed by atoms with Crippen LogP contribution in [0.1, 0.15) is 45.1 Å². The second kappa shape index (κ2) is 8.38. The van der Waals surface area contributed by atoms with Crippen molar-refractivity contribution in [3.8, 4) is 0 Å². The molecule has 0 radical (unpaired) electrons. The van der Waals surface area contributed by atoms with Gasteiger partial charge in [-0.3, -0.25) is 4.99 Å². The first-order valence-corrected chi connectivity index (χ1v) is 9.98. The minimum Gasteiger partial charge on any atom is -0.356 e. The van der Waals surface area contributed by atoms with Gasteiger partial charge in [-0.15, -0.1) is 0 Å². The normalized spacial score (nSPS) is 23.1. The molecule has 2 N–H and O–H groups in total. The molecule has 0 amide bonds. The molecule has 2 fully saturated rings. The van der Waals surface area contributed by atoms with Gasteiger partial charge in [-0.1, -0.05) is 18.2 Å². The standard InChI is InChI=1S/C21H33FN4/c1-16(2)26-12-6-7-17(14-26)13-24-20(23-3)25-15-21(10-11-21)18-8-4-5-9-19(18)22/h4-5,8-9,16-17H,6-7,10-15H2,1-3H3,(H2,23,24,25). The minimum atomic E-state index is -0.0919. The van der Waals surface area contributed by atoms with Gasteiger partial charge in [0, 0.05) is 38.1 Å². The first-order valence-electron chi connectivity index (χ1n) is 9.98. The smallest absolute Gasteiger partial charge is 0.191 e. The van der Waals surface area contributed by atoms with E-state index in [-0.39, 0.29) is 11.2 Å². The molecular formula is C21H33FN4. The maximum Gasteiger partial charge on any atom is 0.191 e. The molecule has 1 aromatic carbocycles. The third-order valence-corrected chi connectivity index (χ3v) is 5.96. The van der Waals surface area contributed by atoms with Crippen molar-refractivity contribution in [2.75, 3.05) is 33.2 Å². The van der Waals surface area contributed by atoms with E-state index >= 15 is 0 Å². The molecule has 3 rings (SSSR count). The van der Waals surface area contributed by atoms with Crippen LogP contribution in [0.25, 0.3) is 0 Å². The van der Waals surface area contributed by atoms with E-state index < -0.39 is 0 Å². The molecule has 1 aliphatic carbocycles. The minimum absolute atomic E-state index is 0.0672. The SMILES string of the molecule is CN=C(NCC1CCCN(C(C)C)C1)NCC1(c2ccccc2F)CC1. The van der Waals surface area contributed by atoms with Crippen LogP contribution in [0.15, 0.2) is 29.3 Å². The van der Waals surface area contributed by atoms with Gasteiger partial charge in [0.05, 0.1) is 0 Å². The number of aliphatic imine (C=N–C) groups is 1. The molecule has 0 aromatic heterocycles. The Morgan fingerprint density at radius 3 is 2.73 bits per heavy atom. The molecule has 4 nitrogen and oxygen atoms in total. The molecule has 0 spiro atoms. The monoisotopic (exact) mass is 360 g/mol. The Morgan fingerprint density at radius 2 is 2.08 bits per heavy atom. The van der Waals surface area contributed by atoms with Crippen LogP contribution in [0.3, 0.4) is 0 Å². The Kier molecular flexibility index (Phi) is 6.17. The molecule has 1 saturated carbocycles. The van der Waals surface area contributed by atoms with E-state index in [9.17, 15) is 4.39 Å². The number of hydrogen-bond acceptors (Lipinski definition) is 2. The highest BCUT2D eigenvalue weighted by molar-refractivity contribution is 5.79. The molecule has 26 heavy (non-hydrogen) atoms. The number of nitrogens with zero attached hydrogens (tertiary/aromatic N) is 2. The molecule has 144 valence electrons. The summed E-state index contributed by atoms with van der Waals surface area (Å²) in [7, 11) is 1.80. The predicted molar refractivity (Wildman–Crippen MR) is 106 cm³/mol. The molecule has 2 aliphatic rings. The van der Waals surface area contributed by atoms with Crippen molar-refractivity contribution in [3.63, 3.8) is 0 Å². The maximum absolute atomic E-state index is 14.1. The number of rotatable bonds is 6. The third kappa shape index (κ3) is 4.56. The van der Waals surface area contributed by atoms with E-state index in [2.05, 4.69) is 34.4 Å². The number of nitrogens with one attached hydrogen (secondary N) is 2. The van der Waals surface area contributed by atoms with Crippen LogP contribution in [0, 0.1) is 11.7 Å². The Labute approximate surface area is 157 Å². The van der Waals surface area contributed by atoms with E-state index in [1.807, 2.05) is 12.1 Å². The van der Waals surface area contributed by atoms with Crippen LogP contribution in [0.4, 0.5) is 4.39 Å². The molecular weight excluding hydrogens is 327 g/mol.